The minimum absolute atomic E-state index is 0.335. The van der Waals surface area contributed by atoms with Gasteiger partial charge < -0.3 is 5.11 Å². The summed E-state index contributed by atoms with van der Waals surface area (Å²) in [6.45, 7) is 0. The van der Waals surface area contributed by atoms with E-state index in [1.807, 2.05) is 0 Å². The standard InChI is InChI=1S/C11H12F2O/c12-9-3-7(4-10(13)6-9)5-11(14)8-1-2-8/h3-4,6,8,11,14H,1-2,5H2. The molecule has 1 nitrogen and oxygen atoms in total. The van der Waals surface area contributed by atoms with Gasteiger partial charge in [-0.05, 0) is 42.9 Å². The summed E-state index contributed by atoms with van der Waals surface area (Å²) < 4.78 is 25.5. The molecule has 0 heterocycles. The van der Waals surface area contributed by atoms with Crippen molar-refractivity contribution in [1.29, 1.82) is 0 Å². The van der Waals surface area contributed by atoms with Gasteiger partial charge in [0.1, 0.15) is 11.6 Å². The van der Waals surface area contributed by atoms with Gasteiger partial charge in [0, 0.05) is 6.07 Å². The molecule has 1 atom stereocenters. The molecule has 1 fully saturated rings. The summed E-state index contributed by atoms with van der Waals surface area (Å²) in [5.74, 6) is -0.827. The average molecular weight is 198 g/mol. The summed E-state index contributed by atoms with van der Waals surface area (Å²) in [4.78, 5) is 0. The molecule has 1 aliphatic carbocycles. The molecule has 76 valence electrons. The van der Waals surface area contributed by atoms with Crippen LogP contribution in [-0.2, 0) is 6.42 Å². The maximum atomic E-state index is 12.8. The second-order valence-corrected chi connectivity index (χ2v) is 3.89. The van der Waals surface area contributed by atoms with Crippen LogP contribution in [0, 0.1) is 17.6 Å². The van der Waals surface area contributed by atoms with E-state index < -0.39 is 17.7 Å². The van der Waals surface area contributed by atoms with Crippen LogP contribution in [0.1, 0.15) is 18.4 Å². The Morgan fingerprint density at radius 3 is 2.29 bits per heavy atom. The van der Waals surface area contributed by atoms with Crippen molar-refractivity contribution in [3.63, 3.8) is 0 Å². The molecule has 1 aliphatic rings. The van der Waals surface area contributed by atoms with E-state index in [9.17, 15) is 13.9 Å². The zero-order valence-electron chi connectivity index (χ0n) is 7.71. The average Bonchev–Trinajstić information content (AvgIpc) is 2.82. The van der Waals surface area contributed by atoms with Gasteiger partial charge in [0.2, 0.25) is 0 Å². The van der Waals surface area contributed by atoms with Gasteiger partial charge in [-0.2, -0.15) is 0 Å². The molecule has 0 bridgehead atoms. The smallest absolute Gasteiger partial charge is 0.126 e. The highest BCUT2D eigenvalue weighted by Gasteiger charge is 2.29. The first-order valence-electron chi connectivity index (χ1n) is 4.78. The summed E-state index contributed by atoms with van der Waals surface area (Å²) in [6, 6.07) is 3.39. The minimum atomic E-state index is -0.581. The van der Waals surface area contributed by atoms with Crippen LogP contribution in [0.25, 0.3) is 0 Å². The quantitative estimate of drug-likeness (QED) is 0.790. The number of rotatable bonds is 3. The van der Waals surface area contributed by atoms with Gasteiger partial charge in [-0.3, -0.25) is 0 Å². The van der Waals surface area contributed by atoms with Crippen LogP contribution in [0.2, 0.25) is 0 Å². The van der Waals surface area contributed by atoms with Crippen molar-refractivity contribution < 1.29 is 13.9 Å². The topological polar surface area (TPSA) is 20.2 Å². The third-order valence-electron chi connectivity index (χ3n) is 2.53. The van der Waals surface area contributed by atoms with Gasteiger partial charge in [0.25, 0.3) is 0 Å². The fraction of sp³-hybridized carbons (Fsp3) is 0.455. The Balaban J connectivity index is 2.07. The molecule has 1 N–H and O–H groups in total. The van der Waals surface area contributed by atoms with Gasteiger partial charge in [-0.25, -0.2) is 8.78 Å². The zero-order chi connectivity index (χ0) is 10.1. The molecular weight excluding hydrogens is 186 g/mol. The van der Waals surface area contributed by atoms with Crippen molar-refractivity contribution in [2.75, 3.05) is 0 Å². The maximum absolute atomic E-state index is 12.8. The van der Waals surface area contributed by atoms with Gasteiger partial charge in [-0.1, -0.05) is 0 Å². The molecule has 1 aromatic carbocycles. The molecule has 0 saturated heterocycles. The fourth-order valence-corrected chi connectivity index (χ4v) is 1.62. The largest absolute Gasteiger partial charge is 0.392 e. The van der Waals surface area contributed by atoms with Crippen LogP contribution in [-0.4, -0.2) is 11.2 Å². The molecule has 3 heteroatoms. The highest BCUT2D eigenvalue weighted by Crippen LogP contribution is 2.34. The molecule has 0 amide bonds. The number of aliphatic hydroxyl groups excluding tert-OH is 1. The van der Waals surface area contributed by atoms with Crippen LogP contribution in [0.3, 0.4) is 0 Å². The third kappa shape index (κ3) is 2.29. The first-order chi connectivity index (χ1) is 6.65. The second kappa shape index (κ2) is 3.65. The lowest BCUT2D eigenvalue weighted by molar-refractivity contribution is 0.151. The SMILES string of the molecule is OC(Cc1cc(F)cc(F)c1)C1CC1. The molecule has 1 saturated carbocycles. The molecular formula is C11H12F2O. The normalized spacial score (nSPS) is 18.2. The first kappa shape index (κ1) is 9.59. The zero-order valence-corrected chi connectivity index (χ0v) is 7.71. The van der Waals surface area contributed by atoms with Crippen molar-refractivity contribution in [3.05, 3.63) is 35.4 Å². The molecule has 14 heavy (non-hydrogen) atoms. The van der Waals surface area contributed by atoms with Crippen molar-refractivity contribution in [2.45, 2.75) is 25.4 Å². The van der Waals surface area contributed by atoms with Gasteiger partial charge in [0.15, 0.2) is 0 Å². The molecule has 1 unspecified atom stereocenters. The van der Waals surface area contributed by atoms with E-state index in [1.165, 1.54) is 12.1 Å². The Hall–Kier alpha value is -0.960. The van der Waals surface area contributed by atoms with E-state index in [0.717, 1.165) is 18.9 Å². The van der Waals surface area contributed by atoms with Gasteiger partial charge in [0.05, 0.1) is 6.10 Å². The lowest BCUT2D eigenvalue weighted by Gasteiger charge is -2.08. The Labute approximate surface area is 81.4 Å². The van der Waals surface area contributed by atoms with Crippen molar-refractivity contribution in [2.24, 2.45) is 5.92 Å². The molecule has 1 aromatic rings. The lowest BCUT2D eigenvalue weighted by atomic mass is 10.0. The summed E-state index contributed by atoms with van der Waals surface area (Å²) in [5.41, 5.74) is 0.530. The molecule has 0 aromatic heterocycles. The van der Waals surface area contributed by atoms with E-state index in [0.29, 0.717) is 17.9 Å². The Kier molecular flexibility index (Phi) is 2.50. The predicted octanol–water partition coefficient (Wildman–Crippen LogP) is 2.28. The first-order valence-corrected chi connectivity index (χ1v) is 4.78. The van der Waals surface area contributed by atoms with Crippen molar-refractivity contribution in [1.82, 2.24) is 0 Å². The predicted molar refractivity (Wildman–Crippen MR) is 48.8 cm³/mol. The minimum Gasteiger partial charge on any atom is -0.392 e. The number of hydrogen-bond donors (Lipinski definition) is 1. The van der Waals surface area contributed by atoms with Crippen LogP contribution in [0.4, 0.5) is 8.78 Å². The summed E-state index contributed by atoms with van der Waals surface area (Å²) in [7, 11) is 0. The van der Waals surface area contributed by atoms with Crippen LogP contribution >= 0.6 is 0 Å². The second-order valence-electron chi connectivity index (χ2n) is 3.89. The van der Waals surface area contributed by atoms with Gasteiger partial charge in [-0.15, -0.1) is 0 Å². The Bertz CT molecular complexity index is 314. The number of halogens is 2. The Morgan fingerprint density at radius 1 is 1.21 bits per heavy atom. The van der Waals surface area contributed by atoms with E-state index in [4.69, 9.17) is 0 Å². The van der Waals surface area contributed by atoms with E-state index in [-0.39, 0.29) is 0 Å². The molecule has 0 aliphatic heterocycles. The lowest BCUT2D eigenvalue weighted by Crippen LogP contribution is -2.12. The number of hydrogen-bond acceptors (Lipinski definition) is 1. The number of aliphatic hydroxyl groups is 1. The van der Waals surface area contributed by atoms with Crippen LogP contribution in [0.5, 0.6) is 0 Å². The highest BCUT2D eigenvalue weighted by atomic mass is 19.1. The summed E-state index contributed by atoms with van der Waals surface area (Å²) >= 11 is 0. The van der Waals surface area contributed by atoms with E-state index in [1.54, 1.807) is 0 Å². The van der Waals surface area contributed by atoms with Crippen molar-refractivity contribution in [3.8, 4) is 0 Å². The highest BCUT2D eigenvalue weighted by molar-refractivity contribution is 5.19. The molecule has 0 spiro atoms. The monoisotopic (exact) mass is 198 g/mol. The van der Waals surface area contributed by atoms with E-state index >= 15 is 0 Å². The third-order valence-corrected chi connectivity index (χ3v) is 2.53. The van der Waals surface area contributed by atoms with Gasteiger partial charge >= 0.3 is 0 Å². The fourth-order valence-electron chi connectivity index (χ4n) is 1.62. The van der Waals surface area contributed by atoms with Crippen LogP contribution < -0.4 is 0 Å². The maximum Gasteiger partial charge on any atom is 0.126 e. The van der Waals surface area contributed by atoms with Crippen molar-refractivity contribution >= 4 is 0 Å². The number of benzene rings is 1. The molecule has 0 radical (unpaired) electrons. The van der Waals surface area contributed by atoms with E-state index in [2.05, 4.69) is 0 Å². The summed E-state index contributed by atoms with van der Waals surface area (Å²) in [6.07, 6.45) is 1.95. The molecule has 2 rings (SSSR count). The summed E-state index contributed by atoms with van der Waals surface area (Å²) in [5, 5.41) is 9.58. The Morgan fingerprint density at radius 2 is 1.79 bits per heavy atom. The van der Waals surface area contributed by atoms with Crippen LogP contribution in [0.15, 0.2) is 18.2 Å².